The molecule has 0 unspecified atom stereocenters. The highest BCUT2D eigenvalue weighted by Gasteiger charge is 2.51. The average Bonchev–Trinajstić information content (AvgIpc) is 3.28. The number of carbonyl (C=O) groups excluding carboxylic acids is 1. The van der Waals surface area contributed by atoms with Gasteiger partial charge in [0.1, 0.15) is 11.4 Å². The largest absolute Gasteiger partial charge is 0.490 e. The Balaban J connectivity index is 1.18. The normalized spacial score (nSPS) is 35.6. The number of piperazine rings is 1. The summed E-state index contributed by atoms with van der Waals surface area (Å²) in [5, 5.41) is -0.128. The van der Waals surface area contributed by atoms with E-state index in [2.05, 4.69) is 37.6 Å². The minimum absolute atomic E-state index is 0.0826. The van der Waals surface area contributed by atoms with Gasteiger partial charge in [-0.3, -0.25) is 14.6 Å². The third-order valence-corrected chi connectivity index (χ3v) is 16.2. The molecule has 2 aliphatic carbocycles. The Hall–Kier alpha value is -2.77. The molecule has 7 atom stereocenters. The van der Waals surface area contributed by atoms with Crippen LogP contribution in [0.25, 0.3) is 0 Å². The molecule has 1 N–H and O–H groups in total. The van der Waals surface area contributed by atoms with E-state index in [0.29, 0.717) is 56.5 Å². The molecule has 2 bridgehead atoms. The van der Waals surface area contributed by atoms with Crippen LogP contribution in [0.3, 0.4) is 0 Å². The predicted octanol–water partition coefficient (Wildman–Crippen LogP) is 6.68. The van der Waals surface area contributed by atoms with Crippen LogP contribution in [0, 0.1) is 17.8 Å². The van der Waals surface area contributed by atoms with Gasteiger partial charge in [0.2, 0.25) is 10.0 Å². The molecule has 2 saturated heterocycles. The molecule has 1 spiro atoms. The molecule has 13 heteroatoms. The molecule has 0 radical (unpaired) electrons. The van der Waals surface area contributed by atoms with Crippen molar-refractivity contribution in [2.45, 2.75) is 93.4 Å². The standard InChI is InChI=1S/C42H55ClF2N4O5S/c1-28-6-4-15-41(53-3,26-47-18-19-48-17-16-42(44,45)22-34(48)24-47)36-11-8-32(36)23-49-25-40(14-5-7-30-20-33(43)10-12-35(30)40)27-54-38-13-9-31(21-37(38)49)39(50)46-55(51,52)29(28)2/h4,9-10,12-13,15,20-21,28-29,32,34,36H,5-8,11,14,16-19,22-27H2,1-3H3,(H,46,50)/b15-4-/t28-,29+,32-,34-,36+,40-,41+/m0/s1. The van der Waals surface area contributed by atoms with Crippen LogP contribution in [-0.2, 0) is 26.6 Å². The lowest BCUT2D eigenvalue weighted by atomic mass is 9.63. The Bertz CT molecular complexity index is 1930. The van der Waals surface area contributed by atoms with Crippen molar-refractivity contribution >= 4 is 33.2 Å². The summed E-state index contributed by atoms with van der Waals surface area (Å²) in [7, 11) is -2.26. The number of rotatable bonds is 3. The minimum atomic E-state index is -4.02. The first kappa shape index (κ1) is 39.1. The summed E-state index contributed by atoms with van der Waals surface area (Å²) in [5.41, 5.74) is 2.47. The average molecular weight is 801 g/mol. The van der Waals surface area contributed by atoms with Gasteiger partial charge >= 0.3 is 0 Å². The van der Waals surface area contributed by atoms with Crippen molar-refractivity contribution in [3.8, 4) is 5.75 Å². The third kappa shape index (κ3) is 7.55. The summed E-state index contributed by atoms with van der Waals surface area (Å²) in [4.78, 5) is 20.6. The van der Waals surface area contributed by atoms with Crippen LogP contribution in [0.4, 0.5) is 14.5 Å². The van der Waals surface area contributed by atoms with E-state index < -0.39 is 32.7 Å². The fourth-order valence-corrected chi connectivity index (χ4v) is 12.0. The second-order valence-corrected chi connectivity index (χ2v) is 19.9. The molecule has 8 rings (SSSR count). The number of aryl methyl sites for hydroxylation is 1. The monoisotopic (exact) mass is 800 g/mol. The summed E-state index contributed by atoms with van der Waals surface area (Å²) < 4.78 is 72.2. The lowest BCUT2D eigenvalue weighted by Crippen LogP contribution is -2.62. The van der Waals surface area contributed by atoms with Crippen LogP contribution < -0.4 is 14.4 Å². The van der Waals surface area contributed by atoms with E-state index in [0.717, 1.165) is 50.9 Å². The van der Waals surface area contributed by atoms with E-state index in [1.807, 2.05) is 19.1 Å². The summed E-state index contributed by atoms with van der Waals surface area (Å²) in [6.07, 6.45) is 9.25. The Labute approximate surface area is 329 Å². The molecular formula is C42H55ClF2N4O5S. The van der Waals surface area contributed by atoms with E-state index >= 15 is 0 Å². The number of hydrogen-bond donors (Lipinski definition) is 1. The molecule has 9 nitrogen and oxygen atoms in total. The summed E-state index contributed by atoms with van der Waals surface area (Å²) in [5.74, 6) is -2.59. The summed E-state index contributed by atoms with van der Waals surface area (Å²) in [6, 6.07) is 11.2. The van der Waals surface area contributed by atoms with Crippen molar-refractivity contribution in [3.05, 3.63) is 70.3 Å². The first-order valence-corrected chi connectivity index (χ1v) is 22.1. The Morgan fingerprint density at radius 3 is 2.67 bits per heavy atom. The van der Waals surface area contributed by atoms with Crippen LogP contribution in [0.1, 0.15) is 80.3 Å². The molecule has 1 saturated carbocycles. The van der Waals surface area contributed by atoms with Crippen molar-refractivity contribution in [3.63, 3.8) is 0 Å². The number of anilines is 1. The topological polar surface area (TPSA) is 91.4 Å². The number of sulfonamides is 1. The molecule has 300 valence electrons. The van der Waals surface area contributed by atoms with Crippen molar-refractivity contribution < 1.29 is 31.5 Å². The zero-order valence-corrected chi connectivity index (χ0v) is 33.8. The van der Waals surface area contributed by atoms with Crippen molar-refractivity contribution in [1.82, 2.24) is 14.5 Å². The van der Waals surface area contributed by atoms with Gasteiger partial charge < -0.3 is 14.4 Å². The summed E-state index contributed by atoms with van der Waals surface area (Å²) >= 11 is 6.49. The first-order chi connectivity index (χ1) is 26.2. The number of benzene rings is 2. The SMILES string of the molecule is CO[C@@]1(CN2CCN3CCC(F)(F)C[C@H]3C2)/C=C\C[C@H](C)[C@@H](C)S(=O)(=O)NC(=O)c2ccc3c(c2)N(C[C@@H]2CC[C@H]21)C[C@@]1(CCCc2cc(Cl)ccc21)CO3. The molecule has 0 aromatic heterocycles. The Morgan fingerprint density at radius 2 is 1.89 bits per heavy atom. The number of halogens is 3. The fourth-order valence-electron chi connectivity index (χ4n) is 10.5. The number of ether oxygens (including phenoxy) is 2. The number of piperidine rings is 1. The highest BCUT2D eigenvalue weighted by molar-refractivity contribution is 7.90. The number of nitrogens with one attached hydrogen (secondary N) is 1. The van der Waals surface area contributed by atoms with Gasteiger partial charge in [-0.1, -0.05) is 36.7 Å². The number of alkyl halides is 2. The molecule has 1 amide bonds. The quantitative estimate of drug-likeness (QED) is 0.344. The summed E-state index contributed by atoms with van der Waals surface area (Å²) in [6.45, 7) is 8.40. The molecule has 55 heavy (non-hydrogen) atoms. The molecule has 2 aromatic rings. The molecule has 2 aromatic carbocycles. The van der Waals surface area contributed by atoms with E-state index in [9.17, 15) is 22.0 Å². The van der Waals surface area contributed by atoms with Crippen molar-refractivity contribution in [2.24, 2.45) is 17.8 Å². The van der Waals surface area contributed by atoms with Gasteiger partial charge in [0.05, 0.1) is 17.5 Å². The van der Waals surface area contributed by atoms with Crippen LogP contribution in [0.15, 0.2) is 48.6 Å². The maximum atomic E-state index is 14.6. The lowest BCUT2D eigenvalue weighted by molar-refractivity contribution is -0.119. The molecule has 4 aliphatic heterocycles. The van der Waals surface area contributed by atoms with E-state index in [-0.39, 0.29) is 47.6 Å². The zero-order chi connectivity index (χ0) is 38.8. The highest BCUT2D eigenvalue weighted by atomic mass is 35.5. The van der Waals surface area contributed by atoms with Crippen LogP contribution in [0.2, 0.25) is 5.02 Å². The second kappa shape index (κ2) is 14.9. The van der Waals surface area contributed by atoms with E-state index in [1.54, 1.807) is 32.2 Å². The highest BCUT2D eigenvalue weighted by Crippen LogP contribution is 2.49. The van der Waals surface area contributed by atoms with E-state index in [1.165, 1.54) is 11.1 Å². The molecule has 4 heterocycles. The molecule has 3 fully saturated rings. The van der Waals surface area contributed by atoms with Gasteiger partial charge in [-0.2, -0.15) is 0 Å². The van der Waals surface area contributed by atoms with Gasteiger partial charge in [-0.15, -0.1) is 0 Å². The second-order valence-electron chi connectivity index (χ2n) is 17.4. The Morgan fingerprint density at radius 1 is 1.05 bits per heavy atom. The number of methoxy groups -OCH3 is 1. The van der Waals surface area contributed by atoms with Crippen molar-refractivity contribution in [1.29, 1.82) is 0 Å². The first-order valence-electron chi connectivity index (χ1n) is 20.1. The number of nitrogens with zero attached hydrogens (tertiary/aromatic N) is 3. The predicted molar refractivity (Wildman–Crippen MR) is 211 cm³/mol. The number of carbonyl (C=O) groups is 1. The molecule has 6 aliphatic rings. The number of fused-ring (bicyclic) bond motifs is 5. The van der Waals surface area contributed by atoms with E-state index in [4.69, 9.17) is 21.1 Å². The molecular weight excluding hydrogens is 746 g/mol. The lowest BCUT2D eigenvalue weighted by Gasteiger charge is -2.53. The van der Waals surface area contributed by atoms with Crippen LogP contribution in [-0.4, -0.2) is 106 Å². The smallest absolute Gasteiger partial charge is 0.264 e. The minimum Gasteiger partial charge on any atom is -0.490 e. The fraction of sp³-hybridized carbons (Fsp3) is 0.643. The number of hydrogen-bond acceptors (Lipinski definition) is 8. The van der Waals surface area contributed by atoms with Gasteiger partial charge in [0.15, 0.2) is 0 Å². The number of amides is 1. The number of allylic oxidation sites excluding steroid dienone is 1. The van der Waals surface area contributed by atoms with Gasteiger partial charge in [-0.25, -0.2) is 21.9 Å². The third-order valence-electron chi connectivity index (χ3n) is 14.1. The van der Waals surface area contributed by atoms with Gasteiger partial charge in [0.25, 0.3) is 11.8 Å². The van der Waals surface area contributed by atoms with Crippen LogP contribution >= 0.6 is 11.6 Å². The maximum absolute atomic E-state index is 14.6. The zero-order valence-electron chi connectivity index (χ0n) is 32.2. The van der Waals surface area contributed by atoms with Crippen LogP contribution in [0.5, 0.6) is 5.75 Å². The van der Waals surface area contributed by atoms with Gasteiger partial charge in [-0.05, 0) is 105 Å². The maximum Gasteiger partial charge on any atom is 0.264 e. The van der Waals surface area contributed by atoms with Crippen molar-refractivity contribution in [2.75, 3.05) is 64.4 Å². The van der Waals surface area contributed by atoms with Gasteiger partial charge in [0, 0.05) is 87.8 Å². The Kier molecular flexibility index (Phi) is 10.6.